The number of aromatic amines is 1. The van der Waals surface area contributed by atoms with Crippen molar-refractivity contribution in [3.8, 4) is 0 Å². The molecule has 1 aliphatic rings. The number of nitrogens with zero attached hydrogens (tertiary/aromatic N) is 3. The monoisotopic (exact) mass is 195 g/mol. The summed E-state index contributed by atoms with van der Waals surface area (Å²) in [6.07, 6.45) is 3.26. The summed E-state index contributed by atoms with van der Waals surface area (Å²) in [4.78, 5) is 6.62. The summed E-state index contributed by atoms with van der Waals surface area (Å²) in [5.74, 6) is 1.72. The third-order valence-electron chi connectivity index (χ3n) is 2.42. The molecule has 0 bridgehead atoms. The second-order valence-corrected chi connectivity index (χ2v) is 3.96. The molecule has 2 heterocycles. The number of H-pyrrole nitrogens is 1. The maximum absolute atomic E-state index is 5.69. The minimum absolute atomic E-state index is 0.134. The SMILES string of the molecule is CC(N)Cc1nc(N2CCCC2)n[nH]1. The fourth-order valence-corrected chi connectivity index (χ4v) is 1.74. The first-order valence-corrected chi connectivity index (χ1v) is 5.17. The molecular formula is C9H17N5. The molecule has 0 amide bonds. The summed E-state index contributed by atoms with van der Waals surface area (Å²) in [5.41, 5.74) is 5.69. The lowest BCUT2D eigenvalue weighted by molar-refractivity contribution is 0.704. The molecule has 1 saturated heterocycles. The van der Waals surface area contributed by atoms with E-state index in [1.165, 1.54) is 12.8 Å². The van der Waals surface area contributed by atoms with E-state index in [9.17, 15) is 0 Å². The van der Waals surface area contributed by atoms with Crippen LogP contribution in [-0.2, 0) is 6.42 Å². The lowest BCUT2D eigenvalue weighted by atomic mass is 10.2. The van der Waals surface area contributed by atoms with Crippen LogP contribution in [0.5, 0.6) is 0 Å². The minimum atomic E-state index is 0.134. The van der Waals surface area contributed by atoms with Crippen molar-refractivity contribution >= 4 is 5.95 Å². The first-order valence-electron chi connectivity index (χ1n) is 5.17. The zero-order valence-corrected chi connectivity index (χ0v) is 8.53. The zero-order chi connectivity index (χ0) is 9.97. The minimum Gasteiger partial charge on any atom is -0.340 e. The van der Waals surface area contributed by atoms with Gasteiger partial charge in [0.1, 0.15) is 5.82 Å². The number of hydrogen-bond donors (Lipinski definition) is 2. The third kappa shape index (κ3) is 2.04. The lowest BCUT2D eigenvalue weighted by Crippen LogP contribution is -2.20. The number of nitrogens with two attached hydrogens (primary N) is 1. The van der Waals surface area contributed by atoms with E-state index in [2.05, 4.69) is 20.1 Å². The molecule has 5 nitrogen and oxygen atoms in total. The molecule has 78 valence electrons. The molecule has 0 aliphatic carbocycles. The first kappa shape index (κ1) is 9.45. The van der Waals surface area contributed by atoms with Crippen LogP contribution in [0.1, 0.15) is 25.6 Å². The predicted octanol–water partition coefficient (Wildman–Crippen LogP) is 0.295. The second-order valence-electron chi connectivity index (χ2n) is 3.96. The van der Waals surface area contributed by atoms with Crippen LogP contribution in [0, 0.1) is 0 Å². The molecular weight excluding hydrogens is 178 g/mol. The van der Waals surface area contributed by atoms with Crippen molar-refractivity contribution in [2.24, 2.45) is 5.73 Å². The van der Waals surface area contributed by atoms with Crippen molar-refractivity contribution in [1.82, 2.24) is 15.2 Å². The van der Waals surface area contributed by atoms with E-state index >= 15 is 0 Å². The maximum Gasteiger partial charge on any atom is 0.244 e. The Balaban J connectivity index is 2.01. The molecule has 1 atom stereocenters. The fourth-order valence-electron chi connectivity index (χ4n) is 1.74. The number of nitrogens with one attached hydrogen (secondary N) is 1. The summed E-state index contributed by atoms with van der Waals surface area (Å²) >= 11 is 0. The number of aromatic nitrogens is 3. The molecule has 0 aromatic carbocycles. The van der Waals surface area contributed by atoms with Gasteiger partial charge in [-0.3, -0.25) is 5.10 Å². The topological polar surface area (TPSA) is 70.8 Å². The summed E-state index contributed by atoms with van der Waals surface area (Å²) in [5, 5.41) is 7.12. The lowest BCUT2D eigenvalue weighted by Gasteiger charge is -2.10. The third-order valence-corrected chi connectivity index (χ3v) is 2.42. The molecule has 5 heteroatoms. The standard InChI is InChI=1S/C9H17N5/c1-7(10)6-8-11-9(13-12-8)14-4-2-3-5-14/h7H,2-6,10H2,1H3,(H,11,12,13). The van der Waals surface area contributed by atoms with Crippen molar-refractivity contribution < 1.29 is 0 Å². The van der Waals surface area contributed by atoms with Crippen molar-refractivity contribution in [2.75, 3.05) is 18.0 Å². The Kier molecular flexibility index (Phi) is 2.67. The molecule has 0 spiro atoms. The van der Waals surface area contributed by atoms with Gasteiger partial charge in [-0.2, -0.15) is 4.98 Å². The first-order chi connectivity index (χ1) is 6.75. The average Bonchev–Trinajstić information content (AvgIpc) is 2.69. The highest BCUT2D eigenvalue weighted by atomic mass is 15.4. The van der Waals surface area contributed by atoms with Gasteiger partial charge in [-0.15, -0.1) is 5.10 Å². The molecule has 1 aromatic heterocycles. The van der Waals surface area contributed by atoms with Crippen LogP contribution in [0.25, 0.3) is 0 Å². The van der Waals surface area contributed by atoms with Crippen molar-refractivity contribution in [1.29, 1.82) is 0 Å². The van der Waals surface area contributed by atoms with Crippen LogP contribution in [-0.4, -0.2) is 34.3 Å². The highest BCUT2D eigenvalue weighted by Gasteiger charge is 2.16. The molecule has 2 rings (SSSR count). The van der Waals surface area contributed by atoms with Gasteiger partial charge in [0.05, 0.1) is 0 Å². The van der Waals surface area contributed by atoms with Crippen LogP contribution in [0.4, 0.5) is 5.95 Å². The molecule has 0 radical (unpaired) electrons. The molecule has 0 saturated carbocycles. The number of hydrogen-bond acceptors (Lipinski definition) is 4. The van der Waals surface area contributed by atoms with E-state index in [1.807, 2.05) is 6.92 Å². The summed E-state index contributed by atoms with van der Waals surface area (Å²) in [6, 6.07) is 0.134. The normalized spacial score (nSPS) is 18.9. The Hall–Kier alpha value is -1.10. The largest absolute Gasteiger partial charge is 0.340 e. The van der Waals surface area contributed by atoms with E-state index in [1.54, 1.807) is 0 Å². The Bertz CT molecular complexity index is 287. The molecule has 14 heavy (non-hydrogen) atoms. The van der Waals surface area contributed by atoms with E-state index in [0.29, 0.717) is 0 Å². The fraction of sp³-hybridized carbons (Fsp3) is 0.778. The van der Waals surface area contributed by atoms with Crippen LogP contribution in [0.3, 0.4) is 0 Å². The highest BCUT2D eigenvalue weighted by molar-refractivity contribution is 5.29. The van der Waals surface area contributed by atoms with E-state index in [-0.39, 0.29) is 6.04 Å². The Morgan fingerprint density at radius 3 is 2.86 bits per heavy atom. The Morgan fingerprint density at radius 1 is 1.50 bits per heavy atom. The van der Waals surface area contributed by atoms with Crippen molar-refractivity contribution in [3.63, 3.8) is 0 Å². The van der Waals surface area contributed by atoms with Gasteiger partial charge in [0.15, 0.2) is 0 Å². The van der Waals surface area contributed by atoms with Crippen LogP contribution in [0.2, 0.25) is 0 Å². The van der Waals surface area contributed by atoms with Crippen LogP contribution < -0.4 is 10.6 Å². The predicted molar refractivity (Wildman–Crippen MR) is 55.2 cm³/mol. The zero-order valence-electron chi connectivity index (χ0n) is 8.53. The number of anilines is 1. The van der Waals surface area contributed by atoms with Gasteiger partial charge < -0.3 is 10.6 Å². The van der Waals surface area contributed by atoms with Gasteiger partial charge in [-0.25, -0.2) is 0 Å². The van der Waals surface area contributed by atoms with Gasteiger partial charge in [-0.05, 0) is 19.8 Å². The quantitative estimate of drug-likeness (QED) is 0.727. The van der Waals surface area contributed by atoms with Gasteiger partial charge >= 0.3 is 0 Å². The number of rotatable bonds is 3. The van der Waals surface area contributed by atoms with E-state index in [0.717, 1.165) is 31.3 Å². The summed E-state index contributed by atoms with van der Waals surface area (Å²) in [7, 11) is 0. The Morgan fingerprint density at radius 2 is 2.21 bits per heavy atom. The van der Waals surface area contributed by atoms with Crippen molar-refractivity contribution in [2.45, 2.75) is 32.2 Å². The van der Waals surface area contributed by atoms with Crippen LogP contribution in [0.15, 0.2) is 0 Å². The van der Waals surface area contributed by atoms with E-state index in [4.69, 9.17) is 5.73 Å². The molecule has 1 unspecified atom stereocenters. The highest BCUT2D eigenvalue weighted by Crippen LogP contribution is 2.15. The van der Waals surface area contributed by atoms with Gasteiger partial charge in [0.2, 0.25) is 5.95 Å². The Labute approximate surface area is 83.7 Å². The van der Waals surface area contributed by atoms with Gasteiger partial charge in [0, 0.05) is 25.6 Å². The molecule has 1 fully saturated rings. The van der Waals surface area contributed by atoms with Gasteiger partial charge in [0.25, 0.3) is 0 Å². The molecule has 3 N–H and O–H groups in total. The molecule has 1 aromatic rings. The maximum atomic E-state index is 5.69. The second kappa shape index (κ2) is 3.96. The summed E-state index contributed by atoms with van der Waals surface area (Å²) < 4.78 is 0. The van der Waals surface area contributed by atoms with Crippen LogP contribution >= 0.6 is 0 Å². The smallest absolute Gasteiger partial charge is 0.244 e. The molecule has 1 aliphatic heterocycles. The summed E-state index contributed by atoms with van der Waals surface area (Å²) in [6.45, 7) is 4.13. The van der Waals surface area contributed by atoms with E-state index < -0.39 is 0 Å². The van der Waals surface area contributed by atoms with Crippen molar-refractivity contribution in [3.05, 3.63) is 5.82 Å². The van der Waals surface area contributed by atoms with Gasteiger partial charge in [-0.1, -0.05) is 0 Å². The average molecular weight is 195 g/mol.